The molecule has 3 heteroatoms. The van der Waals surface area contributed by atoms with Gasteiger partial charge in [0.15, 0.2) is 0 Å². The van der Waals surface area contributed by atoms with Gasteiger partial charge in [-0.3, -0.25) is 9.78 Å². The van der Waals surface area contributed by atoms with Crippen molar-refractivity contribution in [2.75, 3.05) is 13.1 Å². The SMILES string of the molecule is O=C(Cc1ccccc1)N1CCC(Cc2ccnc3ccccc23)C1. The fraction of sp³-hybridized carbons (Fsp3) is 0.273. The summed E-state index contributed by atoms with van der Waals surface area (Å²) >= 11 is 0. The molecule has 1 amide bonds. The Labute approximate surface area is 148 Å². The number of fused-ring (bicyclic) bond motifs is 1. The van der Waals surface area contributed by atoms with Gasteiger partial charge in [0, 0.05) is 24.7 Å². The van der Waals surface area contributed by atoms with Crippen molar-refractivity contribution < 1.29 is 4.79 Å². The molecule has 0 bridgehead atoms. The van der Waals surface area contributed by atoms with Gasteiger partial charge in [-0.2, -0.15) is 0 Å². The monoisotopic (exact) mass is 330 g/mol. The summed E-state index contributed by atoms with van der Waals surface area (Å²) in [6.45, 7) is 1.74. The van der Waals surface area contributed by atoms with Gasteiger partial charge in [-0.05, 0) is 42.0 Å². The Morgan fingerprint density at radius 2 is 1.84 bits per heavy atom. The molecule has 1 saturated heterocycles. The molecule has 126 valence electrons. The average molecular weight is 330 g/mol. The highest BCUT2D eigenvalue weighted by molar-refractivity contribution is 5.82. The number of benzene rings is 2. The van der Waals surface area contributed by atoms with Gasteiger partial charge in [-0.25, -0.2) is 0 Å². The summed E-state index contributed by atoms with van der Waals surface area (Å²) in [6, 6.07) is 20.4. The van der Waals surface area contributed by atoms with Crippen LogP contribution in [0.15, 0.2) is 66.9 Å². The molecule has 0 radical (unpaired) electrons. The Bertz CT molecular complexity index is 870. The second-order valence-electron chi connectivity index (χ2n) is 6.85. The number of nitrogens with zero attached hydrogens (tertiary/aromatic N) is 2. The fourth-order valence-electron chi connectivity index (χ4n) is 3.75. The third-order valence-corrected chi connectivity index (χ3v) is 5.08. The van der Waals surface area contributed by atoms with Crippen molar-refractivity contribution in [3.63, 3.8) is 0 Å². The molecule has 2 heterocycles. The molecule has 1 aliphatic heterocycles. The summed E-state index contributed by atoms with van der Waals surface area (Å²) in [7, 11) is 0. The molecule has 4 rings (SSSR count). The van der Waals surface area contributed by atoms with Gasteiger partial charge in [0.1, 0.15) is 0 Å². The van der Waals surface area contributed by atoms with Crippen LogP contribution in [0.5, 0.6) is 0 Å². The molecule has 1 fully saturated rings. The molecule has 3 aromatic rings. The van der Waals surface area contributed by atoms with Crippen LogP contribution in [0, 0.1) is 5.92 Å². The predicted octanol–water partition coefficient (Wildman–Crippen LogP) is 3.87. The van der Waals surface area contributed by atoms with E-state index in [2.05, 4.69) is 29.2 Å². The molecule has 0 spiro atoms. The normalized spacial score (nSPS) is 17.1. The highest BCUT2D eigenvalue weighted by Gasteiger charge is 2.26. The van der Waals surface area contributed by atoms with E-state index in [-0.39, 0.29) is 5.91 Å². The van der Waals surface area contributed by atoms with Crippen LogP contribution >= 0.6 is 0 Å². The van der Waals surface area contributed by atoms with Crippen LogP contribution in [0.3, 0.4) is 0 Å². The van der Waals surface area contributed by atoms with E-state index in [1.807, 2.05) is 47.5 Å². The van der Waals surface area contributed by atoms with Crippen LogP contribution in [-0.4, -0.2) is 28.9 Å². The van der Waals surface area contributed by atoms with Crippen molar-refractivity contribution in [3.05, 3.63) is 78.0 Å². The average Bonchev–Trinajstić information content (AvgIpc) is 3.12. The Kier molecular flexibility index (Phi) is 4.47. The predicted molar refractivity (Wildman–Crippen MR) is 100 cm³/mol. The second kappa shape index (κ2) is 7.06. The minimum atomic E-state index is 0.244. The number of hydrogen-bond donors (Lipinski definition) is 0. The topological polar surface area (TPSA) is 33.2 Å². The molecule has 1 aliphatic rings. The number of hydrogen-bond acceptors (Lipinski definition) is 2. The molecule has 25 heavy (non-hydrogen) atoms. The van der Waals surface area contributed by atoms with Crippen molar-refractivity contribution in [1.82, 2.24) is 9.88 Å². The van der Waals surface area contributed by atoms with E-state index in [1.165, 1.54) is 10.9 Å². The first-order valence-electron chi connectivity index (χ1n) is 8.94. The zero-order valence-corrected chi connectivity index (χ0v) is 14.3. The zero-order chi connectivity index (χ0) is 17.1. The van der Waals surface area contributed by atoms with Crippen molar-refractivity contribution in [2.45, 2.75) is 19.3 Å². The van der Waals surface area contributed by atoms with Crippen LogP contribution < -0.4 is 0 Å². The number of carbonyl (C=O) groups is 1. The van der Waals surface area contributed by atoms with Crippen LogP contribution in [0.1, 0.15) is 17.5 Å². The zero-order valence-electron chi connectivity index (χ0n) is 14.3. The smallest absolute Gasteiger partial charge is 0.226 e. The summed E-state index contributed by atoms with van der Waals surface area (Å²) in [4.78, 5) is 19.0. The minimum absolute atomic E-state index is 0.244. The van der Waals surface area contributed by atoms with Crippen LogP contribution in [-0.2, 0) is 17.6 Å². The highest BCUT2D eigenvalue weighted by Crippen LogP contribution is 2.25. The number of rotatable bonds is 4. The van der Waals surface area contributed by atoms with Gasteiger partial charge < -0.3 is 4.90 Å². The van der Waals surface area contributed by atoms with Crippen LogP contribution in [0.4, 0.5) is 0 Å². The van der Waals surface area contributed by atoms with Gasteiger partial charge in [0.2, 0.25) is 5.91 Å². The first kappa shape index (κ1) is 15.8. The maximum absolute atomic E-state index is 12.5. The number of amides is 1. The summed E-state index contributed by atoms with van der Waals surface area (Å²) in [5.41, 5.74) is 3.49. The quantitative estimate of drug-likeness (QED) is 0.727. The molecule has 0 saturated carbocycles. The van der Waals surface area contributed by atoms with Gasteiger partial charge in [0.25, 0.3) is 0 Å². The first-order chi connectivity index (χ1) is 12.3. The number of para-hydroxylation sites is 1. The van der Waals surface area contributed by atoms with E-state index in [0.717, 1.165) is 37.0 Å². The molecule has 1 unspecified atom stereocenters. The molecule has 1 aromatic heterocycles. The van der Waals surface area contributed by atoms with Gasteiger partial charge in [0.05, 0.1) is 11.9 Å². The van der Waals surface area contributed by atoms with Gasteiger partial charge in [-0.1, -0.05) is 48.5 Å². The lowest BCUT2D eigenvalue weighted by atomic mass is 9.96. The van der Waals surface area contributed by atoms with Crippen molar-refractivity contribution in [2.24, 2.45) is 5.92 Å². The molecular formula is C22H22N2O. The maximum Gasteiger partial charge on any atom is 0.226 e. The Hall–Kier alpha value is -2.68. The second-order valence-corrected chi connectivity index (χ2v) is 6.85. The van der Waals surface area contributed by atoms with Gasteiger partial charge >= 0.3 is 0 Å². The van der Waals surface area contributed by atoms with E-state index in [0.29, 0.717) is 12.3 Å². The van der Waals surface area contributed by atoms with Gasteiger partial charge in [-0.15, -0.1) is 0 Å². The molecule has 1 atom stereocenters. The third-order valence-electron chi connectivity index (χ3n) is 5.08. The first-order valence-corrected chi connectivity index (χ1v) is 8.94. The third kappa shape index (κ3) is 3.55. The lowest BCUT2D eigenvalue weighted by molar-refractivity contribution is -0.129. The van der Waals surface area contributed by atoms with Crippen molar-refractivity contribution in [3.8, 4) is 0 Å². The summed E-state index contributed by atoms with van der Waals surface area (Å²) < 4.78 is 0. The molecule has 0 aliphatic carbocycles. The standard InChI is InChI=1S/C22H22N2O/c25-22(15-17-6-2-1-3-7-17)24-13-11-18(16-24)14-19-10-12-23-21-9-5-4-8-20(19)21/h1-10,12,18H,11,13-16H2. The van der Waals surface area contributed by atoms with Crippen LogP contribution in [0.25, 0.3) is 10.9 Å². The molecule has 0 N–H and O–H groups in total. The van der Waals surface area contributed by atoms with Crippen LogP contribution in [0.2, 0.25) is 0 Å². The number of carbonyl (C=O) groups excluding carboxylic acids is 1. The largest absolute Gasteiger partial charge is 0.342 e. The number of likely N-dealkylation sites (tertiary alicyclic amines) is 1. The Morgan fingerprint density at radius 1 is 1.04 bits per heavy atom. The Balaban J connectivity index is 1.41. The van der Waals surface area contributed by atoms with E-state index >= 15 is 0 Å². The van der Waals surface area contributed by atoms with E-state index in [9.17, 15) is 4.79 Å². The van der Waals surface area contributed by atoms with E-state index in [4.69, 9.17) is 0 Å². The fourth-order valence-corrected chi connectivity index (χ4v) is 3.75. The maximum atomic E-state index is 12.5. The highest BCUT2D eigenvalue weighted by atomic mass is 16.2. The summed E-state index contributed by atoms with van der Waals surface area (Å²) in [6.07, 6.45) is 4.49. The Morgan fingerprint density at radius 3 is 2.72 bits per heavy atom. The van der Waals surface area contributed by atoms with E-state index < -0.39 is 0 Å². The summed E-state index contributed by atoms with van der Waals surface area (Å²) in [5, 5.41) is 1.24. The summed E-state index contributed by atoms with van der Waals surface area (Å²) in [5.74, 6) is 0.777. The van der Waals surface area contributed by atoms with Crippen molar-refractivity contribution in [1.29, 1.82) is 0 Å². The number of pyridine rings is 1. The van der Waals surface area contributed by atoms with Crippen molar-refractivity contribution >= 4 is 16.8 Å². The molecule has 2 aromatic carbocycles. The minimum Gasteiger partial charge on any atom is -0.342 e. The van der Waals surface area contributed by atoms with E-state index in [1.54, 1.807) is 0 Å². The number of aromatic nitrogens is 1. The lowest BCUT2D eigenvalue weighted by Crippen LogP contribution is -2.30. The lowest BCUT2D eigenvalue weighted by Gasteiger charge is -2.17. The molecule has 3 nitrogen and oxygen atoms in total. The molecular weight excluding hydrogens is 308 g/mol.